The second kappa shape index (κ2) is 6.66. The third-order valence-corrected chi connectivity index (χ3v) is 3.07. The van der Waals surface area contributed by atoms with E-state index in [1.54, 1.807) is 6.20 Å². The van der Waals surface area contributed by atoms with Crippen molar-refractivity contribution in [2.45, 2.75) is 19.3 Å². The molecule has 0 amide bonds. The summed E-state index contributed by atoms with van der Waals surface area (Å²) in [6.07, 6.45) is 5.39. The molecule has 0 unspecified atom stereocenters. The Hall–Kier alpha value is -1.20. The molecule has 1 aromatic rings. The normalized spacial score (nSPS) is 14.4. The Balaban J connectivity index is 1.62. The zero-order valence-corrected chi connectivity index (χ0v) is 11.2. The van der Waals surface area contributed by atoms with Crippen molar-refractivity contribution in [1.29, 1.82) is 0 Å². The van der Waals surface area contributed by atoms with Crippen LogP contribution in [0.25, 0.3) is 0 Å². The summed E-state index contributed by atoms with van der Waals surface area (Å²) in [5.74, 6) is 0.839. The lowest BCUT2D eigenvalue weighted by molar-refractivity contribution is 0.124. The molecule has 1 aliphatic carbocycles. The molecule has 0 atom stereocenters. The standard InChI is InChI=1S/C13H19N3OS/c14-13(18)12-8-11(4-6-16-12)15-5-1-7-17-9-10-2-3-10/h4,6,8,10H,1-3,5,7,9H2,(H2,14,18)(H,15,16). The van der Waals surface area contributed by atoms with Crippen LogP contribution in [0.15, 0.2) is 18.3 Å². The molecule has 2 rings (SSSR count). The summed E-state index contributed by atoms with van der Waals surface area (Å²) in [5.41, 5.74) is 7.18. The summed E-state index contributed by atoms with van der Waals surface area (Å²) in [6.45, 7) is 2.63. The molecule has 0 saturated heterocycles. The molecule has 0 spiro atoms. The van der Waals surface area contributed by atoms with Crippen molar-refractivity contribution in [2.75, 3.05) is 25.1 Å². The molecule has 0 radical (unpaired) electrons. The van der Waals surface area contributed by atoms with Crippen LogP contribution in [-0.2, 0) is 4.74 Å². The van der Waals surface area contributed by atoms with Gasteiger partial charge in [-0.25, -0.2) is 0 Å². The summed E-state index contributed by atoms with van der Waals surface area (Å²) in [5, 5.41) is 3.31. The molecule has 1 saturated carbocycles. The first-order valence-electron chi connectivity index (χ1n) is 6.33. The van der Waals surface area contributed by atoms with Crippen LogP contribution in [0.1, 0.15) is 25.0 Å². The Morgan fingerprint density at radius 1 is 1.56 bits per heavy atom. The number of anilines is 1. The molecular weight excluding hydrogens is 246 g/mol. The van der Waals surface area contributed by atoms with Gasteiger partial charge >= 0.3 is 0 Å². The third-order valence-electron chi connectivity index (χ3n) is 2.86. The smallest absolute Gasteiger partial charge is 0.122 e. The van der Waals surface area contributed by atoms with Gasteiger partial charge in [-0.3, -0.25) is 4.98 Å². The molecule has 98 valence electrons. The zero-order valence-electron chi connectivity index (χ0n) is 10.4. The van der Waals surface area contributed by atoms with Gasteiger partial charge in [-0.1, -0.05) is 12.2 Å². The monoisotopic (exact) mass is 265 g/mol. The van der Waals surface area contributed by atoms with Gasteiger partial charge in [0.15, 0.2) is 0 Å². The van der Waals surface area contributed by atoms with E-state index in [1.165, 1.54) is 12.8 Å². The van der Waals surface area contributed by atoms with Gasteiger partial charge in [0.05, 0.1) is 5.69 Å². The van der Waals surface area contributed by atoms with E-state index >= 15 is 0 Å². The van der Waals surface area contributed by atoms with E-state index in [0.717, 1.165) is 37.8 Å². The number of nitrogens with two attached hydrogens (primary N) is 1. The van der Waals surface area contributed by atoms with Gasteiger partial charge < -0.3 is 15.8 Å². The van der Waals surface area contributed by atoms with Gasteiger partial charge in [0.25, 0.3) is 0 Å². The van der Waals surface area contributed by atoms with Crippen LogP contribution in [0.3, 0.4) is 0 Å². The number of nitrogens with one attached hydrogen (secondary N) is 1. The highest BCUT2D eigenvalue weighted by Crippen LogP contribution is 2.28. The molecule has 5 heteroatoms. The molecule has 0 aromatic carbocycles. The lowest BCUT2D eigenvalue weighted by Crippen LogP contribution is -2.12. The van der Waals surface area contributed by atoms with Crippen molar-refractivity contribution in [3.8, 4) is 0 Å². The fourth-order valence-electron chi connectivity index (χ4n) is 1.62. The van der Waals surface area contributed by atoms with Crippen molar-refractivity contribution in [3.05, 3.63) is 24.0 Å². The molecule has 3 N–H and O–H groups in total. The number of thiocarbonyl (C=S) groups is 1. The second-order valence-electron chi connectivity index (χ2n) is 4.59. The molecule has 0 bridgehead atoms. The number of hydrogen-bond acceptors (Lipinski definition) is 4. The van der Waals surface area contributed by atoms with Crippen LogP contribution in [0.2, 0.25) is 0 Å². The maximum absolute atomic E-state index is 5.56. The van der Waals surface area contributed by atoms with Crippen LogP contribution in [0, 0.1) is 5.92 Å². The van der Waals surface area contributed by atoms with E-state index in [0.29, 0.717) is 10.7 Å². The first kappa shape index (κ1) is 13.2. The highest BCUT2D eigenvalue weighted by Gasteiger charge is 2.20. The third kappa shape index (κ3) is 4.58. The van der Waals surface area contributed by atoms with Crippen LogP contribution >= 0.6 is 12.2 Å². The summed E-state index contributed by atoms with van der Waals surface area (Å²) in [4.78, 5) is 4.42. The molecule has 0 aliphatic heterocycles. The number of nitrogens with zero attached hydrogens (tertiary/aromatic N) is 1. The molecular formula is C13H19N3OS. The lowest BCUT2D eigenvalue weighted by atomic mass is 10.3. The molecule has 1 heterocycles. The fraction of sp³-hybridized carbons (Fsp3) is 0.538. The Morgan fingerprint density at radius 3 is 3.11 bits per heavy atom. The maximum Gasteiger partial charge on any atom is 0.122 e. The van der Waals surface area contributed by atoms with Gasteiger partial charge in [0.1, 0.15) is 4.99 Å². The summed E-state index contributed by atoms with van der Waals surface area (Å²) < 4.78 is 5.56. The largest absolute Gasteiger partial charge is 0.388 e. The minimum atomic E-state index is 0.325. The Labute approximate surface area is 113 Å². The quantitative estimate of drug-likeness (QED) is 0.555. The topological polar surface area (TPSA) is 60.2 Å². The summed E-state index contributed by atoms with van der Waals surface area (Å²) in [7, 11) is 0. The van der Waals surface area contributed by atoms with Crippen molar-refractivity contribution in [1.82, 2.24) is 4.98 Å². The van der Waals surface area contributed by atoms with Crippen LogP contribution in [0.5, 0.6) is 0 Å². The van der Waals surface area contributed by atoms with E-state index in [2.05, 4.69) is 10.3 Å². The van der Waals surface area contributed by atoms with Crippen LogP contribution in [0.4, 0.5) is 5.69 Å². The minimum absolute atomic E-state index is 0.325. The van der Waals surface area contributed by atoms with Crippen molar-refractivity contribution in [2.24, 2.45) is 11.7 Å². The van der Waals surface area contributed by atoms with E-state index < -0.39 is 0 Å². The van der Waals surface area contributed by atoms with Crippen LogP contribution in [-0.4, -0.2) is 29.7 Å². The number of ether oxygens (including phenoxy) is 1. The number of hydrogen-bond donors (Lipinski definition) is 2. The van der Waals surface area contributed by atoms with Crippen molar-refractivity contribution < 1.29 is 4.74 Å². The molecule has 1 aromatic heterocycles. The predicted molar refractivity (Wildman–Crippen MR) is 76.8 cm³/mol. The van der Waals surface area contributed by atoms with Crippen LogP contribution < -0.4 is 11.1 Å². The van der Waals surface area contributed by atoms with Gasteiger partial charge in [-0.2, -0.15) is 0 Å². The van der Waals surface area contributed by atoms with E-state index in [1.807, 2.05) is 12.1 Å². The average molecular weight is 265 g/mol. The van der Waals surface area contributed by atoms with Gasteiger partial charge in [0, 0.05) is 31.6 Å². The molecule has 1 fully saturated rings. The summed E-state index contributed by atoms with van der Waals surface area (Å²) in [6, 6.07) is 3.78. The van der Waals surface area contributed by atoms with Gasteiger partial charge in [-0.05, 0) is 37.3 Å². The lowest BCUT2D eigenvalue weighted by Gasteiger charge is -2.07. The predicted octanol–water partition coefficient (Wildman–Crippen LogP) is 1.94. The first-order chi connectivity index (χ1) is 8.75. The summed E-state index contributed by atoms with van der Waals surface area (Å²) >= 11 is 4.89. The maximum atomic E-state index is 5.56. The van der Waals surface area contributed by atoms with Crippen molar-refractivity contribution >= 4 is 22.9 Å². The Morgan fingerprint density at radius 2 is 2.39 bits per heavy atom. The highest BCUT2D eigenvalue weighted by atomic mass is 32.1. The number of aromatic nitrogens is 1. The molecule has 1 aliphatic rings. The highest BCUT2D eigenvalue weighted by molar-refractivity contribution is 7.80. The van der Waals surface area contributed by atoms with Gasteiger partial charge in [0.2, 0.25) is 0 Å². The van der Waals surface area contributed by atoms with Gasteiger partial charge in [-0.15, -0.1) is 0 Å². The molecule has 18 heavy (non-hydrogen) atoms. The second-order valence-corrected chi connectivity index (χ2v) is 5.03. The minimum Gasteiger partial charge on any atom is -0.388 e. The van der Waals surface area contributed by atoms with E-state index in [9.17, 15) is 0 Å². The van der Waals surface area contributed by atoms with Crippen molar-refractivity contribution in [3.63, 3.8) is 0 Å². The number of rotatable bonds is 8. The SMILES string of the molecule is NC(=S)c1cc(NCCCOCC2CC2)ccn1. The number of pyridine rings is 1. The fourth-order valence-corrected chi connectivity index (χ4v) is 1.73. The average Bonchev–Trinajstić information content (AvgIpc) is 3.18. The molecule has 4 nitrogen and oxygen atoms in total. The van der Waals surface area contributed by atoms with E-state index in [-0.39, 0.29) is 0 Å². The zero-order chi connectivity index (χ0) is 12.8. The Kier molecular flexibility index (Phi) is 4.90. The Bertz CT molecular complexity index is 407. The van der Waals surface area contributed by atoms with E-state index in [4.69, 9.17) is 22.7 Å². The first-order valence-corrected chi connectivity index (χ1v) is 6.74.